The molecule has 1 aliphatic rings. The molecule has 4 heteroatoms. The van der Waals surface area contributed by atoms with Crippen LogP contribution in [0.2, 0.25) is 0 Å². The molecule has 1 fully saturated rings. The number of benzene rings is 1. The minimum Gasteiger partial charge on any atom is -0.496 e. The average molecular weight is 355 g/mol. The van der Waals surface area contributed by atoms with Crippen LogP contribution in [0.4, 0.5) is 0 Å². The highest BCUT2D eigenvalue weighted by Crippen LogP contribution is 2.39. The van der Waals surface area contributed by atoms with Crippen LogP contribution in [0.5, 0.6) is 5.75 Å². The standard InChI is InChI=1S/C17H27BrN2O/c1-17(2,3)12-7-8-20(11-12)15(10-19)14-9-13(18)5-6-16(14)21-4/h5-6,9,12,15H,7-8,10-11,19H2,1-4H3. The van der Waals surface area contributed by atoms with Gasteiger partial charge in [-0.2, -0.15) is 0 Å². The molecule has 0 aliphatic carbocycles. The van der Waals surface area contributed by atoms with Gasteiger partial charge in [0, 0.05) is 23.1 Å². The number of methoxy groups -OCH3 is 1. The fourth-order valence-electron chi connectivity index (χ4n) is 3.22. The van der Waals surface area contributed by atoms with E-state index in [4.69, 9.17) is 10.5 Å². The van der Waals surface area contributed by atoms with Crippen molar-refractivity contribution in [3.05, 3.63) is 28.2 Å². The molecule has 1 aromatic rings. The van der Waals surface area contributed by atoms with E-state index in [0.29, 0.717) is 12.0 Å². The number of hydrogen-bond donors (Lipinski definition) is 1. The Morgan fingerprint density at radius 3 is 2.67 bits per heavy atom. The predicted molar refractivity (Wildman–Crippen MR) is 91.6 cm³/mol. The Bertz CT molecular complexity index is 484. The Balaban J connectivity index is 2.23. The first-order chi connectivity index (χ1) is 9.86. The van der Waals surface area contributed by atoms with Gasteiger partial charge in [-0.05, 0) is 42.5 Å². The van der Waals surface area contributed by atoms with Gasteiger partial charge in [-0.25, -0.2) is 0 Å². The number of ether oxygens (including phenoxy) is 1. The predicted octanol–water partition coefficient (Wildman–Crippen LogP) is 3.83. The Morgan fingerprint density at radius 2 is 2.14 bits per heavy atom. The van der Waals surface area contributed by atoms with Gasteiger partial charge >= 0.3 is 0 Å². The molecule has 118 valence electrons. The van der Waals surface area contributed by atoms with Gasteiger partial charge in [-0.1, -0.05) is 36.7 Å². The minimum atomic E-state index is 0.227. The lowest BCUT2D eigenvalue weighted by Crippen LogP contribution is -2.33. The number of hydrogen-bond acceptors (Lipinski definition) is 3. The van der Waals surface area contributed by atoms with Crippen molar-refractivity contribution >= 4 is 15.9 Å². The van der Waals surface area contributed by atoms with Crippen LogP contribution in [0.25, 0.3) is 0 Å². The fourth-order valence-corrected chi connectivity index (χ4v) is 3.59. The molecule has 1 saturated heterocycles. The Hall–Kier alpha value is -0.580. The van der Waals surface area contributed by atoms with Crippen molar-refractivity contribution in [3.63, 3.8) is 0 Å². The number of halogens is 1. The summed E-state index contributed by atoms with van der Waals surface area (Å²) in [6.45, 7) is 9.83. The molecule has 2 unspecified atom stereocenters. The Morgan fingerprint density at radius 1 is 1.43 bits per heavy atom. The fraction of sp³-hybridized carbons (Fsp3) is 0.647. The number of nitrogens with two attached hydrogens (primary N) is 1. The third kappa shape index (κ3) is 3.79. The van der Waals surface area contributed by atoms with Crippen molar-refractivity contribution in [2.75, 3.05) is 26.7 Å². The maximum atomic E-state index is 6.10. The van der Waals surface area contributed by atoms with Crippen molar-refractivity contribution in [1.82, 2.24) is 4.90 Å². The summed E-state index contributed by atoms with van der Waals surface area (Å²) in [5.41, 5.74) is 7.64. The highest BCUT2D eigenvalue weighted by atomic mass is 79.9. The second-order valence-corrected chi connectivity index (χ2v) is 7.90. The molecule has 2 N–H and O–H groups in total. The molecule has 2 rings (SSSR count). The summed E-state index contributed by atoms with van der Waals surface area (Å²) in [4.78, 5) is 2.51. The third-order valence-electron chi connectivity index (χ3n) is 4.66. The van der Waals surface area contributed by atoms with Crippen molar-refractivity contribution in [3.8, 4) is 5.75 Å². The molecule has 2 atom stereocenters. The number of nitrogens with zero attached hydrogens (tertiary/aromatic N) is 1. The summed E-state index contributed by atoms with van der Waals surface area (Å²) >= 11 is 3.56. The Kier molecular flexibility index (Phi) is 5.33. The van der Waals surface area contributed by atoms with Crippen LogP contribution in [-0.2, 0) is 0 Å². The van der Waals surface area contributed by atoms with Gasteiger partial charge in [-0.3, -0.25) is 4.90 Å². The van der Waals surface area contributed by atoms with Crippen LogP contribution in [0, 0.1) is 11.3 Å². The van der Waals surface area contributed by atoms with Gasteiger partial charge < -0.3 is 10.5 Å². The molecular formula is C17H27BrN2O. The third-order valence-corrected chi connectivity index (χ3v) is 5.15. The van der Waals surface area contributed by atoms with Crippen molar-refractivity contribution < 1.29 is 4.74 Å². The number of likely N-dealkylation sites (tertiary alicyclic amines) is 1. The van der Waals surface area contributed by atoms with Gasteiger partial charge in [0.15, 0.2) is 0 Å². The van der Waals surface area contributed by atoms with E-state index in [9.17, 15) is 0 Å². The topological polar surface area (TPSA) is 38.5 Å². The molecule has 1 aromatic carbocycles. The van der Waals surface area contributed by atoms with E-state index in [1.54, 1.807) is 7.11 Å². The summed E-state index contributed by atoms with van der Waals surface area (Å²) < 4.78 is 6.61. The second-order valence-electron chi connectivity index (χ2n) is 6.98. The lowest BCUT2D eigenvalue weighted by Gasteiger charge is -2.31. The monoisotopic (exact) mass is 354 g/mol. The van der Waals surface area contributed by atoms with Crippen molar-refractivity contribution in [2.24, 2.45) is 17.1 Å². The maximum absolute atomic E-state index is 6.10. The van der Waals surface area contributed by atoms with Gasteiger partial charge in [0.25, 0.3) is 0 Å². The zero-order chi connectivity index (χ0) is 15.6. The van der Waals surface area contributed by atoms with E-state index in [1.807, 2.05) is 12.1 Å². The van der Waals surface area contributed by atoms with Gasteiger partial charge in [-0.15, -0.1) is 0 Å². The van der Waals surface area contributed by atoms with Crippen LogP contribution in [0.3, 0.4) is 0 Å². The Labute approximate surface area is 137 Å². The SMILES string of the molecule is COc1ccc(Br)cc1C(CN)N1CCC(C(C)(C)C)C1. The van der Waals surface area contributed by atoms with E-state index in [-0.39, 0.29) is 6.04 Å². The van der Waals surface area contributed by atoms with Crippen LogP contribution in [0.1, 0.15) is 38.8 Å². The molecule has 1 aliphatic heterocycles. The lowest BCUT2D eigenvalue weighted by atomic mass is 9.80. The first-order valence-corrected chi connectivity index (χ1v) is 8.43. The summed E-state index contributed by atoms with van der Waals surface area (Å²) in [6.07, 6.45) is 1.25. The van der Waals surface area contributed by atoms with E-state index >= 15 is 0 Å². The van der Waals surface area contributed by atoms with Crippen LogP contribution >= 0.6 is 15.9 Å². The first kappa shape index (κ1) is 16.8. The van der Waals surface area contributed by atoms with Gasteiger partial charge in [0.05, 0.1) is 13.2 Å². The summed E-state index contributed by atoms with van der Waals surface area (Å²) in [6, 6.07) is 6.39. The summed E-state index contributed by atoms with van der Waals surface area (Å²) in [5, 5.41) is 0. The van der Waals surface area contributed by atoms with E-state index < -0.39 is 0 Å². The largest absolute Gasteiger partial charge is 0.496 e. The molecule has 0 aromatic heterocycles. The van der Waals surface area contributed by atoms with Crippen LogP contribution in [-0.4, -0.2) is 31.6 Å². The highest BCUT2D eigenvalue weighted by Gasteiger charge is 2.35. The molecule has 0 saturated carbocycles. The zero-order valence-corrected chi connectivity index (χ0v) is 15.1. The molecular weight excluding hydrogens is 328 g/mol. The molecule has 3 nitrogen and oxygen atoms in total. The van der Waals surface area contributed by atoms with Crippen molar-refractivity contribution in [1.29, 1.82) is 0 Å². The van der Waals surface area contributed by atoms with Crippen molar-refractivity contribution in [2.45, 2.75) is 33.2 Å². The van der Waals surface area contributed by atoms with Crippen LogP contribution in [0.15, 0.2) is 22.7 Å². The molecule has 0 spiro atoms. The molecule has 1 heterocycles. The van der Waals surface area contributed by atoms with Gasteiger partial charge in [0.2, 0.25) is 0 Å². The first-order valence-electron chi connectivity index (χ1n) is 7.64. The molecule has 0 amide bonds. The van der Waals surface area contributed by atoms with E-state index in [1.165, 1.54) is 12.0 Å². The zero-order valence-electron chi connectivity index (χ0n) is 13.5. The average Bonchev–Trinajstić information content (AvgIpc) is 2.89. The van der Waals surface area contributed by atoms with Crippen LogP contribution < -0.4 is 10.5 Å². The highest BCUT2D eigenvalue weighted by molar-refractivity contribution is 9.10. The molecule has 0 radical (unpaired) electrons. The van der Waals surface area contributed by atoms with Gasteiger partial charge in [0.1, 0.15) is 5.75 Å². The number of rotatable bonds is 4. The van der Waals surface area contributed by atoms with E-state index in [0.717, 1.165) is 29.2 Å². The summed E-state index contributed by atoms with van der Waals surface area (Å²) in [7, 11) is 1.72. The minimum absolute atomic E-state index is 0.227. The second kappa shape index (κ2) is 6.67. The molecule has 21 heavy (non-hydrogen) atoms. The lowest BCUT2D eigenvalue weighted by molar-refractivity contribution is 0.195. The molecule has 0 bridgehead atoms. The smallest absolute Gasteiger partial charge is 0.123 e. The quantitative estimate of drug-likeness (QED) is 0.892. The van der Waals surface area contributed by atoms with E-state index in [2.05, 4.69) is 47.7 Å². The summed E-state index contributed by atoms with van der Waals surface area (Å²) in [5.74, 6) is 1.65. The maximum Gasteiger partial charge on any atom is 0.123 e. The normalized spacial score (nSPS) is 21.5.